The zero-order valence-corrected chi connectivity index (χ0v) is 9.81. The molecule has 0 saturated heterocycles. The molecule has 0 amide bonds. The van der Waals surface area contributed by atoms with Gasteiger partial charge in [-0.2, -0.15) is 0 Å². The molecular weight excluding hydrogens is 206 g/mol. The van der Waals surface area contributed by atoms with Crippen LogP contribution >= 0.6 is 11.3 Å². The number of aromatic nitrogens is 1. The lowest BCUT2D eigenvalue weighted by molar-refractivity contribution is 0.557. The van der Waals surface area contributed by atoms with Crippen molar-refractivity contribution in [3.63, 3.8) is 0 Å². The lowest BCUT2D eigenvalue weighted by atomic mass is 9.93. The summed E-state index contributed by atoms with van der Waals surface area (Å²) in [4.78, 5) is 4.49. The van der Waals surface area contributed by atoms with Crippen LogP contribution in [0.25, 0.3) is 0 Å². The summed E-state index contributed by atoms with van der Waals surface area (Å²) < 4.78 is 0. The van der Waals surface area contributed by atoms with Gasteiger partial charge in [-0.05, 0) is 32.6 Å². The van der Waals surface area contributed by atoms with Gasteiger partial charge in [-0.25, -0.2) is 10.4 Å². The fourth-order valence-electron chi connectivity index (χ4n) is 2.02. The van der Waals surface area contributed by atoms with Gasteiger partial charge in [0.05, 0.1) is 16.7 Å². The number of allylic oxidation sites excluding steroid dienone is 1. The molecule has 0 fully saturated rings. The first-order valence-electron chi connectivity index (χ1n) is 5.38. The normalized spacial score (nSPS) is 18.7. The van der Waals surface area contributed by atoms with E-state index in [2.05, 4.69) is 21.9 Å². The highest BCUT2D eigenvalue weighted by Gasteiger charge is 2.18. The van der Waals surface area contributed by atoms with Gasteiger partial charge in [0.25, 0.3) is 0 Å². The lowest BCUT2D eigenvalue weighted by Gasteiger charge is -2.20. The van der Waals surface area contributed by atoms with Gasteiger partial charge in [0.15, 0.2) is 0 Å². The van der Waals surface area contributed by atoms with E-state index in [1.807, 2.05) is 6.92 Å². The monoisotopic (exact) mass is 223 g/mol. The highest BCUT2D eigenvalue weighted by atomic mass is 32.1. The van der Waals surface area contributed by atoms with Gasteiger partial charge in [0, 0.05) is 5.38 Å². The molecule has 2 rings (SSSR count). The molecule has 1 aliphatic rings. The van der Waals surface area contributed by atoms with Crippen LogP contribution in [0.2, 0.25) is 0 Å². The molecule has 3 nitrogen and oxygen atoms in total. The average molecular weight is 223 g/mol. The predicted molar refractivity (Wildman–Crippen MR) is 63.5 cm³/mol. The largest absolute Gasteiger partial charge is 0.271 e. The van der Waals surface area contributed by atoms with E-state index in [1.165, 1.54) is 24.8 Å². The number of hydrogen-bond donors (Lipinski definition) is 2. The summed E-state index contributed by atoms with van der Waals surface area (Å²) in [6.45, 7) is 2.02. The highest BCUT2D eigenvalue weighted by Crippen LogP contribution is 2.29. The van der Waals surface area contributed by atoms with Crippen molar-refractivity contribution in [2.24, 2.45) is 5.84 Å². The summed E-state index contributed by atoms with van der Waals surface area (Å²) in [6.07, 6.45) is 7.20. The molecule has 0 bridgehead atoms. The Hall–Kier alpha value is -0.710. The van der Waals surface area contributed by atoms with Crippen LogP contribution in [-0.2, 0) is 0 Å². The van der Waals surface area contributed by atoms with Crippen LogP contribution in [0.1, 0.15) is 42.4 Å². The smallest absolute Gasteiger partial charge is 0.0898 e. The molecule has 1 heterocycles. The first kappa shape index (κ1) is 10.8. The van der Waals surface area contributed by atoms with Crippen LogP contribution < -0.4 is 11.3 Å². The molecule has 0 radical (unpaired) electrons. The van der Waals surface area contributed by atoms with Crippen molar-refractivity contribution >= 4 is 11.3 Å². The maximum Gasteiger partial charge on any atom is 0.0898 e. The molecule has 4 heteroatoms. The zero-order chi connectivity index (χ0) is 10.7. The fraction of sp³-hybridized carbons (Fsp3) is 0.545. The number of nitrogens with one attached hydrogen (secondary N) is 1. The third-order valence-electron chi connectivity index (χ3n) is 2.80. The summed E-state index contributed by atoms with van der Waals surface area (Å²) in [5.74, 6) is 5.62. The molecule has 0 aromatic carbocycles. The number of hydrazine groups is 1. The SMILES string of the molecule is Cc1nc(C(NN)C2=CCCCC2)cs1. The lowest BCUT2D eigenvalue weighted by Crippen LogP contribution is -2.30. The Morgan fingerprint density at radius 1 is 1.53 bits per heavy atom. The van der Waals surface area contributed by atoms with Gasteiger partial charge in [-0.3, -0.25) is 5.84 Å². The summed E-state index contributed by atoms with van der Waals surface area (Å²) in [7, 11) is 0. The van der Waals surface area contributed by atoms with Crippen LogP contribution in [0.4, 0.5) is 0 Å². The van der Waals surface area contributed by atoms with E-state index in [9.17, 15) is 0 Å². The number of thiazole rings is 1. The summed E-state index contributed by atoms with van der Waals surface area (Å²) in [5, 5.41) is 3.19. The van der Waals surface area contributed by atoms with E-state index in [4.69, 9.17) is 5.84 Å². The molecule has 0 spiro atoms. The molecule has 3 N–H and O–H groups in total. The van der Waals surface area contributed by atoms with E-state index in [-0.39, 0.29) is 6.04 Å². The minimum Gasteiger partial charge on any atom is -0.271 e. The van der Waals surface area contributed by atoms with E-state index >= 15 is 0 Å². The predicted octanol–water partition coefficient (Wildman–Crippen LogP) is 2.46. The van der Waals surface area contributed by atoms with Gasteiger partial charge in [0.1, 0.15) is 0 Å². The number of rotatable bonds is 3. The quantitative estimate of drug-likeness (QED) is 0.470. The van der Waals surface area contributed by atoms with E-state index in [0.29, 0.717) is 0 Å². The van der Waals surface area contributed by atoms with Gasteiger partial charge < -0.3 is 0 Å². The van der Waals surface area contributed by atoms with Gasteiger partial charge in [-0.1, -0.05) is 11.6 Å². The van der Waals surface area contributed by atoms with Crippen LogP contribution in [-0.4, -0.2) is 4.98 Å². The molecular formula is C11H17N3S. The first-order chi connectivity index (χ1) is 7.31. The van der Waals surface area contributed by atoms with Crippen LogP contribution in [0.5, 0.6) is 0 Å². The summed E-state index contributed by atoms with van der Waals surface area (Å²) in [5.41, 5.74) is 5.34. The zero-order valence-electron chi connectivity index (χ0n) is 8.99. The first-order valence-corrected chi connectivity index (χ1v) is 6.26. The molecule has 0 saturated carbocycles. The second kappa shape index (κ2) is 4.88. The fourth-order valence-corrected chi connectivity index (χ4v) is 2.66. The summed E-state index contributed by atoms with van der Waals surface area (Å²) in [6, 6.07) is 0.121. The number of hydrogen-bond acceptors (Lipinski definition) is 4. The molecule has 15 heavy (non-hydrogen) atoms. The molecule has 1 aliphatic carbocycles. The van der Waals surface area contributed by atoms with Crippen LogP contribution in [0.3, 0.4) is 0 Å². The van der Waals surface area contributed by atoms with E-state index in [1.54, 1.807) is 11.3 Å². The Kier molecular flexibility index (Phi) is 3.51. The maximum absolute atomic E-state index is 5.62. The Bertz CT molecular complexity index is 356. The Morgan fingerprint density at radius 2 is 2.40 bits per heavy atom. The topological polar surface area (TPSA) is 50.9 Å². The summed E-state index contributed by atoms with van der Waals surface area (Å²) >= 11 is 1.68. The van der Waals surface area contributed by atoms with E-state index in [0.717, 1.165) is 17.1 Å². The van der Waals surface area contributed by atoms with Gasteiger partial charge in [-0.15, -0.1) is 11.3 Å². The second-order valence-corrected chi connectivity index (χ2v) is 4.98. The van der Waals surface area contributed by atoms with Crippen molar-refractivity contribution < 1.29 is 0 Å². The Balaban J connectivity index is 2.19. The third kappa shape index (κ3) is 2.45. The van der Waals surface area contributed by atoms with Crippen molar-refractivity contribution in [3.05, 3.63) is 27.7 Å². The third-order valence-corrected chi connectivity index (χ3v) is 3.59. The highest BCUT2D eigenvalue weighted by molar-refractivity contribution is 7.09. The number of aryl methyl sites for hydroxylation is 1. The minimum atomic E-state index is 0.121. The van der Waals surface area contributed by atoms with Crippen molar-refractivity contribution in [3.8, 4) is 0 Å². The molecule has 1 atom stereocenters. The maximum atomic E-state index is 5.62. The Morgan fingerprint density at radius 3 is 2.93 bits per heavy atom. The standard InChI is InChI=1S/C11H17N3S/c1-8-13-10(7-15-8)11(14-12)9-5-3-2-4-6-9/h5,7,11,14H,2-4,6,12H2,1H3. The van der Waals surface area contributed by atoms with Crippen molar-refractivity contribution in [1.82, 2.24) is 10.4 Å². The number of nitrogens with zero attached hydrogens (tertiary/aromatic N) is 1. The van der Waals surface area contributed by atoms with Crippen LogP contribution in [0.15, 0.2) is 17.0 Å². The van der Waals surface area contributed by atoms with Gasteiger partial charge >= 0.3 is 0 Å². The van der Waals surface area contributed by atoms with Crippen LogP contribution in [0, 0.1) is 6.92 Å². The molecule has 1 aromatic heterocycles. The second-order valence-electron chi connectivity index (χ2n) is 3.92. The number of nitrogens with two attached hydrogens (primary N) is 1. The van der Waals surface area contributed by atoms with Gasteiger partial charge in [0.2, 0.25) is 0 Å². The molecule has 82 valence electrons. The molecule has 1 unspecified atom stereocenters. The van der Waals surface area contributed by atoms with Crippen molar-refractivity contribution in [2.45, 2.75) is 38.6 Å². The van der Waals surface area contributed by atoms with Crippen molar-refractivity contribution in [2.75, 3.05) is 0 Å². The molecule has 0 aliphatic heterocycles. The molecule has 1 aromatic rings. The van der Waals surface area contributed by atoms with E-state index < -0.39 is 0 Å². The Labute approximate surface area is 94.4 Å². The minimum absolute atomic E-state index is 0.121. The van der Waals surface area contributed by atoms with Crippen molar-refractivity contribution in [1.29, 1.82) is 0 Å². The average Bonchev–Trinajstić information content (AvgIpc) is 2.68.